The van der Waals surface area contributed by atoms with Crippen molar-refractivity contribution in [2.75, 3.05) is 5.32 Å². The average molecular weight is 364 g/mol. The van der Waals surface area contributed by atoms with Gasteiger partial charge in [-0.05, 0) is 52.7 Å². The maximum Gasteiger partial charge on any atom is 0.251 e. The Morgan fingerprint density at radius 2 is 1.70 bits per heavy atom. The van der Waals surface area contributed by atoms with Crippen molar-refractivity contribution < 1.29 is 9.59 Å². The van der Waals surface area contributed by atoms with Gasteiger partial charge >= 0.3 is 0 Å². The van der Waals surface area contributed by atoms with Gasteiger partial charge in [-0.15, -0.1) is 5.10 Å². The van der Waals surface area contributed by atoms with Crippen molar-refractivity contribution in [1.82, 2.24) is 25.5 Å². The van der Waals surface area contributed by atoms with Crippen molar-refractivity contribution in [1.29, 1.82) is 0 Å². The third-order valence-electron chi connectivity index (χ3n) is 4.02. The summed E-state index contributed by atoms with van der Waals surface area (Å²) < 4.78 is 1.52. The summed E-state index contributed by atoms with van der Waals surface area (Å²) in [5.74, 6) is -0.624. The van der Waals surface area contributed by atoms with Crippen LogP contribution in [-0.2, 0) is 4.79 Å². The number of amides is 2. The molecule has 8 nitrogen and oxygen atoms in total. The van der Waals surface area contributed by atoms with Crippen LogP contribution in [0, 0.1) is 5.92 Å². The van der Waals surface area contributed by atoms with E-state index in [9.17, 15) is 9.59 Å². The van der Waals surface area contributed by atoms with Crippen molar-refractivity contribution in [2.45, 2.75) is 19.9 Å². The molecular formula is C19H20N6O2. The van der Waals surface area contributed by atoms with Crippen LogP contribution in [0.25, 0.3) is 5.69 Å². The summed E-state index contributed by atoms with van der Waals surface area (Å²) in [5, 5.41) is 16.6. The molecule has 1 atom stereocenters. The molecule has 3 aromatic rings. The minimum Gasteiger partial charge on any atom is -0.340 e. The Morgan fingerprint density at radius 3 is 2.30 bits per heavy atom. The van der Waals surface area contributed by atoms with Crippen LogP contribution in [0.3, 0.4) is 0 Å². The second-order valence-electron chi connectivity index (χ2n) is 6.35. The Balaban J connectivity index is 1.67. The highest BCUT2D eigenvalue weighted by Crippen LogP contribution is 2.14. The molecule has 0 saturated carbocycles. The van der Waals surface area contributed by atoms with Gasteiger partial charge in [-0.2, -0.15) is 0 Å². The molecule has 138 valence electrons. The summed E-state index contributed by atoms with van der Waals surface area (Å²) in [4.78, 5) is 25.1. The molecule has 2 aromatic carbocycles. The monoisotopic (exact) mass is 364 g/mol. The van der Waals surface area contributed by atoms with Gasteiger partial charge in [0.2, 0.25) is 5.91 Å². The number of tetrazole rings is 1. The van der Waals surface area contributed by atoms with Gasteiger partial charge < -0.3 is 10.6 Å². The van der Waals surface area contributed by atoms with E-state index >= 15 is 0 Å². The van der Waals surface area contributed by atoms with Crippen LogP contribution < -0.4 is 10.6 Å². The van der Waals surface area contributed by atoms with E-state index in [2.05, 4.69) is 26.2 Å². The number of rotatable bonds is 6. The first-order chi connectivity index (χ1) is 13.0. The van der Waals surface area contributed by atoms with Crippen LogP contribution in [0.2, 0.25) is 0 Å². The van der Waals surface area contributed by atoms with Crippen LogP contribution in [0.15, 0.2) is 60.9 Å². The Labute approximate surface area is 156 Å². The highest BCUT2D eigenvalue weighted by atomic mass is 16.2. The Morgan fingerprint density at radius 1 is 1.00 bits per heavy atom. The summed E-state index contributed by atoms with van der Waals surface area (Å²) in [6.07, 6.45) is 1.49. The predicted octanol–water partition coefficient (Wildman–Crippen LogP) is 2.06. The summed E-state index contributed by atoms with van der Waals surface area (Å²) in [7, 11) is 0. The SMILES string of the molecule is CC(C)[C@H](NC(=O)c1ccccc1)C(=O)Nc1ccc(-n2cnnn2)cc1. The van der Waals surface area contributed by atoms with E-state index in [4.69, 9.17) is 0 Å². The van der Waals surface area contributed by atoms with E-state index in [1.54, 1.807) is 48.5 Å². The third-order valence-corrected chi connectivity index (χ3v) is 4.02. The second kappa shape index (κ2) is 8.22. The van der Waals surface area contributed by atoms with Crippen molar-refractivity contribution in [3.63, 3.8) is 0 Å². The number of hydrogen-bond donors (Lipinski definition) is 2. The van der Waals surface area contributed by atoms with Crippen LogP contribution in [-0.4, -0.2) is 38.1 Å². The Bertz CT molecular complexity index is 892. The quantitative estimate of drug-likeness (QED) is 0.697. The molecule has 0 aliphatic carbocycles. The summed E-state index contributed by atoms with van der Waals surface area (Å²) >= 11 is 0. The molecule has 0 aliphatic heterocycles. The average Bonchev–Trinajstić information content (AvgIpc) is 3.21. The fraction of sp³-hybridized carbons (Fsp3) is 0.211. The number of carbonyl (C=O) groups is 2. The van der Waals surface area contributed by atoms with Crippen molar-refractivity contribution in [3.05, 3.63) is 66.5 Å². The molecule has 27 heavy (non-hydrogen) atoms. The summed E-state index contributed by atoms with van der Waals surface area (Å²) in [6, 6.07) is 15.3. The molecular weight excluding hydrogens is 344 g/mol. The van der Waals surface area contributed by atoms with Crippen molar-refractivity contribution >= 4 is 17.5 Å². The van der Waals surface area contributed by atoms with Gasteiger partial charge in [0.05, 0.1) is 5.69 Å². The largest absolute Gasteiger partial charge is 0.340 e. The van der Waals surface area contributed by atoms with Gasteiger partial charge in [0.15, 0.2) is 0 Å². The molecule has 1 heterocycles. The number of nitrogens with one attached hydrogen (secondary N) is 2. The highest BCUT2D eigenvalue weighted by molar-refractivity contribution is 6.01. The van der Waals surface area contributed by atoms with Crippen molar-refractivity contribution in [2.24, 2.45) is 5.92 Å². The summed E-state index contributed by atoms with van der Waals surface area (Å²) in [5.41, 5.74) is 1.91. The van der Waals surface area contributed by atoms with E-state index in [0.29, 0.717) is 11.3 Å². The lowest BCUT2D eigenvalue weighted by atomic mass is 10.0. The maximum absolute atomic E-state index is 12.7. The lowest BCUT2D eigenvalue weighted by molar-refractivity contribution is -0.118. The van der Waals surface area contributed by atoms with Crippen LogP contribution >= 0.6 is 0 Å². The van der Waals surface area contributed by atoms with Gasteiger partial charge in [-0.25, -0.2) is 4.68 Å². The molecule has 0 radical (unpaired) electrons. The van der Waals surface area contributed by atoms with Gasteiger partial charge in [-0.3, -0.25) is 9.59 Å². The standard InChI is InChI=1S/C19H20N6O2/c1-13(2)17(22-18(26)14-6-4-3-5-7-14)19(27)21-15-8-10-16(11-9-15)25-12-20-23-24-25/h3-13,17H,1-2H3,(H,21,27)(H,22,26)/t17-/m0/s1. The van der Waals surface area contributed by atoms with Gasteiger partial charge in [-0.1, -0.05) is 32.0 Å². The maximum atomic E-state index is 12.7. The van der Waals surface area contributed by atoms with Crippen LogP contribution in [0.4, 0.5) is 5.69 Å². The first-order valence-corrected chi connectivity index (χ1v) is 8.55. The molecule has 3 rings (SSSR count). The number of hydrogen-bond acceptors (Lipinski definition) is 5. The minimum absolute atomic E-state index is 0.0711. The molecule has 0 unspecified atom stereocenters. The fourth-order valence-electron chi connectivity index (χ4n) is 2.55. The molecule has 1 aromatic heterocycles. The first-order valence-electron chi connectivity index (χ1n) is 8.55. The lowest BCUT2D eigenvalue weighted by Gasteiger charge is -2.22. The molecule has 0 bridgehead atoms. The van der Waals surface area contributed by atoms with E-state index in [1.807, 2.05) is 19.9 Å². The van der Waals surface area contributed by atoms with E-state index in [-0.39, 0.29) is 17.7 Å². The van der Waals surface area contributed by atoms with Gasteiger partial charge in [0, 0.05) is 11.3 Å². The number of nitrogens with zero attached hydrogens (tertiary/aromatic N) is 4. The number of carbonyl (C=O) groups excluding carboxylic acids is 2. The van der Waals surface area contributed by atoms with Crippen LogP contribution in [0.1, 0.15) is 24.2 Å². The zero-order valence-corrected chi connectivity index (χ0v) is 15.0. The van der Waals surface area contributed by atoms with Gasteiger partial charge in [0.25, 0.3) is 5.91 Å². The number of benzene rings is 2. The fourth-order valence-corrected chi connectivity index (χ4v) is 2.55. The molecule has 0 spiro atoms. The molecule has 0 aliphatic rings. The number of aromatic nitrogens is 4. The second-order valence-corrected chi connectivity index (χ2v) is 6.35. The number of anilines is 1. The van der Waals surface area contributed by atoms with Crippen molar-refractivity contribution in [3.8, 4) is 5.69 Å². The Kier molecular flexibility index (Phi) is 5.55. The molecule has 8 heteroatoms. The molecule has 2 amide bonds. The zero-order valence-electron chi connectivity index (χ0n) is 15.0. The molecule has 0 saturated heterocycles. The topological polar surface area (TPSA) is 102 Å². The van der Waals surface area contributed by atoms with E-state index < -0.39 is 6.04 Å². The van der Waals surface area contributed by atoms with Crippen LogP contribution in [0.5, 0.6) is 0 Å². The molecule has 0 fully saturated rings. The zero-order chi connectivity index (χ0) is 19.2. The van der Waals surface area contributed by atoms with E-state index in [0.717, 1.165) is 5.69 Å². The summed E-state index contributed by atoms with van der Waals surface area (Å²) in [6.45, 7) is 3.77. The normalized spacial score (nSPS) is 11.8. The Hall–Kier alpha value is -3.55. The van der Waals surface area contributed by atoms with E-state index in [1.165, 1.54) is 11.0 Å². The molecule has 2 N–H and O–H groups in total. The smallest absolute Gasteiger partial charge is 0.251 e. The first kappa shape index (κ1) is 18.2. The predicted molar refractivity (Wildman–Crippen MR) is 100 cm³/mol. The minimum atomic E-state index is -0.656. The van der Waals surface area contributed by atoms with Gasteiger partial charge in [0.1, 0.15) is 12.4 Å². The highest BCUT2D eigenvalue weighted by Gasteiger charge is 2.24. The third kappa shape index (κ3) is 4.55. The lowest BCUT2D eigenvalue weighted by Crippen LogP contribution is -2.47.